The molecule has 0 radical (unpaired) electrons. The van der Waals surface area contributed by atoms with Gasteiger partial charge in [0.05, 0.1) is 25.4 Å². The van der Waals surface area contributed by atoms with Crippen molar-refractivity contribution in [2.45, 2.75) is 314 Å². The number of ether oxygens (including phenoxy) is 3. The van der Waals surface area contributed by atoms with Gasteiger partial charge in [0, 0.05) is 6.42 Å². The van der Waals surface area contributed by atoms with Crippen LogP contribution in [0.3, 0.4) is 0 Å². The van der Waals surface area contributed by atoms with Gasteiger partial charge in [0.1, 0.15) is 24.4 Å². The van der Waals surface area contributed by atoms with Gasteiger partial charge in [-0.15, -0.1) is 0 Å². The van der Waals surface area contributed by atoms with Crippen molar-refractivity contribution in [2.24, 2.45) is 0 Å². The Morgan fingerprint density at radius 1 is 0.527 bits per heavy atom. The van der Waals surface area contributed by atoms with Crippen molar-refractivity contribution in [3.8, 4) is 0 Å². The van der Waals surface area contributed by atoms with Crippen molar-refractivity contribution in [3.63, 3.8) is 0 Å². The van der Waals surface area contributed by atoms with Crippen LogP contribution in [0.2, 0.25) is 0 Å². The van der Waals surface area contributed by atoms with Gasteiger partial charge < -0.3 is 45.1 Å². The topological polar surface area (TPSA) is 175 Å². The van der Waals surface area contributed by atoms with Gasteiger partial charge in [-0.25, -0.2) is 0 Å². The molecule has 1 heterocycles. The minimum atomic E-state index is -1.62. The average molecular weight is 1040 g/mol. The summed E-state index contributed by atoms with van der Waals surface area (Å²) in [6.07, 6.45) is 52.6. The van der Waals surface area contributed by atoms with Crippen LogP contribution in [0.4, 0.5) is 0 Å². The maximum atomic E-state index is 13.4. The molecule has 1 rings (SSSR count). The number of aliphatic hydroxyl groups is 5. The molecule has 0 aromatic rings. The van der Waals surface area contributed by atoms with Crippen molar-refractivity contribution in [1.82, 2.24) is 5.32 Å². The van der Waals surface area contributed by atoms with E-state index in [1.165, 1.54) is 128 Å². The van der Waals surface area contributed by atoms with Crippen molar-refractivity contribution in [2.75, 3.05) is 13.2 Å². The van der Waals surface area contributed by atoms with Crippen molar-refractivity contribution in [3.05, 3.63) is 60.8 Å². The summed E-state index contributed by atoms with van der Waals surface area (Å²) < 4.78 is 17.6. The number of amides is 1. The SMILES string of the molecule is CCCCC/C=C\C/C=C\C/C=C\CCCCCCCCCC(O)C(=O)NC(COC1OC(CO)C(O)C(O)C1OC(=O)CCCCC/C=C\CCCCCCCCC)C(O)/C=C/CCCCCCCCCCC. The third-order valence-corrected chi connectivity index (χ3v) is 14.1. The first-order chi connectivity index (χ1) is 36.2. The number of aliphatic hydroxyl groups excluding tert-OH is 5. The Morgan fingerprint density at radius 3 is 1.43 bits per heavy atom. The fourth-order valence-corrected chi connectivity index (χ4v) is 9.24. The number of rotatable bonds is 51. The predicted octanol–water partition coefficient (Wildman–Crippen LogP) is 14.2. The van der Waals surface area contributed by atoms with Crippen molar-refractivity contribution in [1.29, 1.82) is 0 Å². The molecule has 8 atom stereocenters. The highest BCUT2D eigenvalue weighted by molar-refractivity contribution is 5.80. The number of esters is 1. The van der Waals surface area contributed by atoms with Gasteiger partial charge in [-0.2, -0.15) is 0 Å². The van der Waals surface area contributed by atoms with Gasteiger partial charge in [-0.1, -0.05) is 229 Å². The molecule has 1 fully saturated rings. The molecule has 0 saturated carbocycles. The third-order valence-electron chi connectivity index (χ3n) is 14.1. The van der Waals surface area contributed by atoms with Crippen LogP contribution in [0.1, 0.15) is 265 Å². The Hall–Kier alpha value is -2.64. The summed E-state index contributed by atoms with van der Waals surface area (Å²) in [6, 6.07) is -1.03. The molecule has 6 N–H and O–H groups in total. The summed E-state index contributed by atoms with van der Waals surface area (Å²) in [5.41, 5.74) is 0. The summed E-state index contributed by atoms with van der Waals surface area (Å²) in [4.78, 5) is 26.5. The number of carbonyl (C=O) groups is 2. The smallest absolute Gasteiger partial charge is 0.306 e. The molecule has 0 spiro atoms. The largest absolute Gasteiger partial charge is 0.454 e. The monoisotopic (exact) mass is 1040 g/mol. The van der Waals surface area contributed by atoms with Gasteiger partial charge in [-0.05, 0) is 89.9 Å². The Bertz CT molecular complexity index is 1430. The van der Waals surface area contributed by atoms with Crippen LogP contribution in [0.15, 0.2) is 60.8 Å². The zero-order chi connectivity index (χ0) is 54.0. The molecule has 74 heavy (non-hydrogen) atoms. The van der Waals surface area contributed by atoms with E-state index >= 15 is 0 Å². The molecular weight excluding hydrogens is 931 g/mol. The molecule has 0 aromatic heterocycles. The van der Waals surface area contributed by atoms with Gasteiger partial charge in [0.15, 0.2) is 12.4 Å². The summed E-state index contributed by atoms with van der Waals surface area (Å²) in [6.45, 7) is 5.73. The molecule has 1 saturated heterocycles. The third kappa shape index (κ3) is 38.8. The first-order valence-corrected chi connectivity index (χ1v) is 30.6. The molecule has 0 bridgehead atoms. The van der Waals surface area contributed by atoms with Crippen LogP contribution in [-0.4, -0.2) is 99.6 Å². The number of unbranched alkanes of at least 4 members (excludes halogenated alkanes) is 29. The maximum absolute atomic E-state index is 13.4. The first kappa shape index (κ1) is 69.4. The Morgan fingerprint density at radius 2 is 0.932 bits per heavy atom. The Kier molecular flexibility index (Phi) is 47.9. The Labute approximate surface area is 452 Å². The molecule has 0 aliphatic carbocycles. The van der Waals surface area contributed by atoms with Crippen LogP contribution in [-0.2, 0) is 23.8 Å². The number of carbonyl (C=O) groups excluding carboxylic acids is 2. The quantitative estimate of drug-likeness (QED) is 0.0195. The van der Waals surface area contributed by atoms with Gasteiger partial charge in [0.25, 0.3) is 0 Å². The predicted molar refractivity (Wildman–Crippen MR) is 306 cm³/mol. The fraction of sp³-hybridized carbons (Fsp3) is 0.810. The first-order valence-electron chi connectivity index (χ1n) is 30.6. The van der Waals surface area contributed by atoms with E-state index in [4.69, 9.17) is 14.2 Å². The number of hydrogen-bond acceptors (Lipinski definition) is 10. The summed E-state index contributed by atoms with van der Waals surface area (Å²) in [5.74, 6) is -1.22. The molecule has 1 amide bonds. The summed E-state index contributed by atoms with van der Waals surface area (Å²) in [7, 11) is 0. The van der Waals surface area contributed by atoms with E-state index in [0.29, 0.717) is 12.8 Å². The van der Waals surface area contributed by atoms with Crippen LogP contribution in [0, 0.1) is 0 Å². The van der Waals surface area contributed by atoms with E-state index in [1.807, 2.05) is 6.08 Å². The highest BCUT2D eigenvalue weighted by Crippen LogP contribution is 2.26. The van der Waals surface area contributed by atoms with Crippen molar-refractivity contribution >= 4 is 11.9 Å². The van der Waals surface area contributed by atoms with Crippen LogP contribution < -0.4 is 5.32 Å². The van der Waals surface area contributed by atoms with E-state index in [2.05, 4.69) is 74.7 Å². The average Bonchev–Trinajstić information content (AvgIpc) is 3.40. The standard InChI is InChI=1S/C63H113NO10/c1-4-7-10-13-16-19-22-24-26-27-28-29-30-31-32-35-38-41-44-47-50-56(67)62(71)64-54(55(66)49-46-43-40-37-34-21-18-15-12-9-6-3)53-72-63-61(60(70)59(69)57(52-65)73-63)74-58(68)51-48-45-42-39-36-33-25-23-20-17-14-11-8-5-2/h16,19,24,26,28-29,33,36,46,49,54-57,59-61,63,65-67,69-70H,4-15,17-18,20-23,25,27,30-32,34-35,37-45,47-48,50-53H2,1-3H3,(H,64,71)/b19-16-,26-24-,29-28-,36-33-,49-46+. The van der Waals surface area contributed by atoms with Crippen LogP contribution in [0.25, 0.3) is 0 Å². The molecule has 1 aliphatic heterocycles. The number of allylic oxidation sites excluding steroid dienone is 9. The van der Waals surface area contributed by atoms with E-state index in [0.717, 1.165) is 89.9 Å². The minimum absolute atomic E-state index is 0.102. The molecule has 11 nitrogen and oxygen atoms in total. The normalized spacial score (nSPS) is 19.7. The minimum Gasteiger partial charge on any atom is -0.454 e. The lowest BCUT2D eigenvalue weighted by molar-refractivity contribution is -0.305. The van der Waals surface area contributed by atoms with Gasteiger partial charge in [-0.3, -0.25) is 9.59 Å². The fourth-order valence-electron chi connectivity index (χ4n) is 9.24. The molecule has 430 valence electrons. The highest BCUT2D eigenvalue weighted by atomic mass is 16.7. The second kappa shape index (κ2) is 51.1. The maximum Gasteiger partial charge on any atom is 0.306 e. The lowest BCUT2D eigenvalue weighted by atomic mass is 9.99. The second-order valence-corrected chi connectivity index (χ2v) is 21.1. The van der Waals surface area contributed by atoms with E-state index in [1.54, 1.807) is 6.08 Å². The zero-order valence-corrected chi connectivity index (χ0v) is 47.5. The second-order valence-electron chi connectivity index (χ2n) is 21.1. The van der Waals surface area contributed by atoms with Gasteiger partial charge in [0.2, 0.25) is 5.91 Å². The van der Waals surface area contributed by atoms with Crippen LogP contribution in [0.5, 0.6) is 0 Å². The summed E-state index contributed by atoms with van der Waals surface area (Å²) >= 11 is 0. The molecule has 1 aliphatic rings. The lowest BCUT2D eigenvalue weighted by Crippen LogP contribution is -2.61. The lowest BCUT2D eigenvalue weighted by Gasteiger charge is -2.41. The van der Waals surface area contributed by atoms with Crippen LogP contribution >= 0.6 is 0 Å². The molecular formula is C63H113NO10. The van der Waals surface area contributed by atoms with E-state index in [9.17, 15) is 35.1 Å². The molecule has 11 heteroatoms. The van der Waals surface area contributed by atoms with E-state index in [-0.39, 0.29) is 19.4 Å². The Balaban J connectivity index is 2.68. The molecule has 0 aromatic carbocycles. The number of hydrogen-bond donors (Lipinski definition) is 6. The molecule has 8 unspecified atom stereocenters. The zero-order valence-electron chi connectivity index (χ0n) is 47.5. The van der Waals surface area contributed by atoms with E-state index < -0.39 is 67.4 Å². The summed E-state index contributed by atoms with van der Waals surface area (Å²) in [5, 5.41) is 56.9. The van der Waals surface area contributed by atoms with Gasteiger partial charge >= 0.3 is 5.97 Å². The number of nitrogens with one attached hydrogen (secondary N) is 1. The highest BCUT2D eigenvalue weighted by Gasteiger charge is 2.47. The van der Waals surface area contributed by atoms with Crippen molar-refractivity contribution < 1.29 is 49.3 Å².